The van der Waals surface area contributed by atoms with E-state index in [2.05, 4.69) is 10.2 Å². The Morgan fingerprint density at radius 1 is 1.33 bits per heavy atom. The molecule has 1 heterocycles. The normalized spacial score (nSPS) is 11.5. The highest BCUT2D eigenvalue weighted by Gasteiger charge is 2.38. The molecule has 1 rings (SSSR count). The maximum atomic E-state index is 11.9. The van der Waals surface area contributed by atoms with Crippen molar-refractivity contribution < 1.29 is 18.0 Å². The molecule has 82 valence electrons. The SMILES string of the molecule is O=C(Cc1cc(Cl)nnc1Cl)C(F)(F)F. The van der Waals surface area contributed by atoms with Crippen LogP contribution >= 0.6 is 23.2 Å². The molecular weight excluding hydrogens is 256 g/mol. The van der Waals surface area contributed by atoms with Crippen molar-refractivity contribution in [2.45, 2.75) is 12.6 Å². The number of carbonyl (C=O) groups is 1. The van der Waals surface area contributed by atoms with E-state index >= 15 is 0 Å². The van der Waals surface area contributed by atoms with Crippen LogP contribution in [0.15, 0.2) is 6.07 Å². The largest absolute Gasteiger partial charge is 0.450 e. The molecule has 0 bridgehead atoms. The molecule has 0 fully saturated rings. The van der Waals surface area contributed by atoms with Gasteiger partial charge in [-0.25, -0.2) is 0 Å². The number of ketones is 1. The first-order valence-electron chi connectivity index (χ1n) is 3.58. The summed E-state index contributed by atoms with van der Waals surface area (Å²) in [6, 6.07) is 1.07. The van der Waals surface area contributed by atoms with Crippen molar-refractivity contribution in [3.05, 3.63) is 21.9 Å². The summed E-state index contributed by atoms with van der Waals surface area (Å²) in [4.78, 5) is 10.6. The van der Waals surface area contributed by atoms with Gasteiger partial charge in [0, 0.05) is 12.0 Å². The quantitative estimate of drug-likeness (QED) is 0.819. The summed E-state index contributed by atoms with van der Waals surface area (Å²) < 4.78 is 35.7. The zero-order chi connectivity index (χ0) is 11.6. The molecule has 0 aliphatic heterocycles. The summed E-state index contributed by atoms with van der Waals surface area (Å²) in [5, 5.41) is 6.19. The van der Waals surface area contributed by atoms with Gasteiger partial charge < -0.3 is 0 Å². The fraction of sp³-hybridized carbons (Fsp3) is 0.286. The van der Waals surface area contributed by atoms with E-state index in [4.69, 9.17) is 23.2 Å². The molecule has 0 aromatic carbocycles. The summed E-state index contributed by atoms with van der Waals surface area (Å²) in [6.07, 6.45) is -5.78. The number of nitrogens with zero attached hydrogens (tertiary/aromatic N) is 2. The van der Waals surface area contributed by atoms with Gasteiger partial charge in [0.15, 0.2) is 10.3 Å². The molecule has 0 saturated carbocycles. The third-order valence-corrected chi connectivity index (χ3v) is 1.96. The Hall–Kier alpha value is -0.880. The molecule has 0 atom stereocenters. The number of Topliss-reactive ketones (excluding diaryl/α,β-unsaturated/α-hetero) is 1. The second-order valence-electron chi connectivity index (χ2n) is 2.58. The highest BCUT2D eigenvalue weighted by Crippen LogP contribution is 2.22. The van der Waals surface area contributed by atoms with Gasteiger partial charge in [-0.3, -0.25) is 4.79 Å². The lowest BCUT2D eigenvalue weighted by atomic mass is 10.1. The van der Waals surface area contributed by atoms with E-state index in [0.717, 1.165) is 6.07 Å². The molecular formula is C7H3Cl2F3N2O. The lowest BCUT2D eigenvalue weighted by molar-refractivity contribution is -0.170. The van der Waals surface area contributed by atoms with Crippen LogP contribution in [0, 0.1) is 0 Å². The van der Waals surface area contributed by atoms with Crippen molar-refractivity contribution in [2.75, 3.05) is 0 Å². The van der Waals surface area contributed by atoms with E-state index in [1.165, 1.54) is 0 Å². The van der Waals surface area contributed by atoms with Crippen molar-refractivity contribution >= 4 is 29.0 Å². The van der Waals surface area contributed by atoms with E-state index in [9.17, 15) is 18.0 Å². The number of hydrogen-bond donors (Lipinski definition) is 0. The molecule has 0 saturated heterocycles. The Kier molecular flexibility index (Phi) is 3.51. The molecule has 1 aromatic rings. The van der Waals surface area contributed by atoms with Gasteiger partial charge in [-0.2, -0.15) is 13.2 Å². The van der Waals surface area contributed by atoms with Crippen LogP contribution in [-0.2, 0) is 11.2 Å². The van der Waals surface area contributed by atoms with Gasteiger partial charge in [-0.05, 0) is 6.07 Å². The van der Waals surface area contributed by atoms with Crippen molar-refractivity contribution in [1.82, 2.24) is 10.2 Å². The molecule has 3 nitrogen and oxygen atoms in total. The molecule has 0 spiro atoms. The third kappa shape index (κ3) is 3.32. The molecule has 0 N–H and O–H groups in total. The molecule has 0 aliphatic carbocycles. The maximum Gasteiger partial charge on any atom is 0.450 e. The van der Waals surface area contributed by atoms with E-state index in [1.54, 1.807) is 0 Å². The smallest absolute Gasteiger partial charge is 0.289 e. The van der Waals surface area contributed by atoms with Crippen LogP contribution < -0.4 is 0 Å². The minimum absolute atomic E-state index is 0.0982. The van der Waals surface area contributed by atoms with Crippen LogP contribution in [0.4, 0.5) is 13.2 Å². The molecule has 1 aromatic heterocycles. The zero-order valence-corrected chi connectivity index (χ0v) is 8.49. The Morgan fingerprint density at radius 2 is 1.93 bits per heavy atom. The highest BCUT2D eigenvalue weighted by atomic mass is 35.5. The summed E-state index contributed by atoms with van der Waals surface area (Å²) >= 11 is 10.8. The average Bonchev–Trinajstić information content (AvgIpc) is 2.09. The van der Waals surface area contributed by atoms with Crippen LogP contribution in [0.25, 0.3) is 0 Å². The van der Waals surface area contributed by atoms with Gasteiger partial charge >= 0.3 is 6.18 Å². The maximum absolute atomic E-state index is 11.9. The predicted molar refractivity (Wildman–Crippen MR) is 46.8 cm³/mol. The number of aromatic nitrogens is 2. The monoisotopic (exact) mass is 258 g/mol. The molecule has 0 unspecified atom stereocenters. The summed E-state index contributed by atoms with van der Waals surface area (Å²) in [7, 11) is 0. The summed E-state index contributed by atoms with van der Waals surface area (Å²) in [5.74, 6) is -1.91. The Balaban J connectivity index is 2.90. The number of carbonyl (C=O) groups excluding carboxylic acids is 1. The number of hydrogen-bond acceptors (Lipinski definition) is 3. The van der Waals surface area contributed by atoms with E-state index in [0.29, 0.717) is 0 Å². The standard InChI is InChI=1S/C7H3Cl2F3N2O/c8-5-2-3(6(9)14-13-5)1-4(15)7(10,11)12/h2H,1H2. The first kappa shape index (κ1) is 12.2. The summed E-state index contributed by atoms with van der Waals surface area (Å²) in [6.45, 7) is 0. The Bertz CT molecular complexity index is 394. The second kappa shape index (κ2) is 4.32. The van der Waals surface area contributed by atoms with Crippen LogP contribution in [-0.4, -0.2) is 22.2 Å². The van der Waals surface area contributed by atoms with E-state index in [1.807, 2.05) is 0 Å². The lowest BCUT2D eigenvalue weighted by Crippen LogP contribution is -2.24. The fourth-order valence-corrected chi connectivity index (χ4v) is 1.11. The van der Waals surface area contributed by atoms with E-state index < -0.39 is 18.4 Å². The van der Waals surface area contributed by atoms with Crippen molar-refractivity contribution in [3.8, 4) is 0 Å². The molecule has 0 aliphatic rings. The zero-order valence-electron chi connectivity index (χ0n) is 6.98. The molecule has 0 radical (unpaired) electrons. The van der Waals surface area contributed by atoms with Crippen molar-refractivity contribution in [2.24, 2.45) is 0 Å². The van der Waals surface area contributed by atoms with Gasteiger partial charge in [0.2, 0.25) is 5.78 Å². The molecule has 0 amide bonds. The number of rotatable bonds is 2. The second-order valence-corrected chi connectivity index (χ2v) is 3.33. The minimum atomic E-state index is -4.89. The van der Waals surface area contributed by atoms with Gasteiger partial charge in [-0.1, -0.05) is 23.2 Å². The third-order valence-electron chi connectivity index (χ3n) is 1.46. The van der Waals surface area contributed by atoms with Crippen LogP contribution in [0.3, 0.4) is 0 Å². The molecule has 8 heteroatoms. The van der Waals surface area contributed by atoms with Gasteiger partial charge in [0.05, 0.1) is 0 Å². The van der Waals surface area contributed by atoms with Gasteiger partial charge in [0.25, 0.3) is 0 Å². The minimum Gasteiger partial charge on any atom is -0.289 e. The van der Waals surface area contributed by atoms with Gasteiger partial charge in [-0.15, -0.1) is 10.2 Å². The van der Waals surface area contributed by atoms with Gasteiger partial charge in [0.1, 0.15) is 0 Å². The fourth-order valence-electron chi connectivity index (χ4n) is 0.785. The van der Waals surface area contributed by atoms with Crippen molar-refractivity contribution in [1.29, 1.82) is 0 Å². The highest BCUT2D eigenvalue weighted by molar-refractivity contribution is 6.31. The van der Waals surface area contributed by atoms with Crippen LogP contribution in [0.1, 0.15) is 5.56 Å². The number of alkyl halides is 3. The van der Waals surface area contributed by atoms with E-state index in [-0.39, 0.29) is 15.9 Å². The van der Waals surface area contributed by atoms with Crippen molar-refractivity contribution in [3.63, 3.8) is 0 Å². The van der Waals surface area contributed by atoms with Crippen LogP contribution in [0.5, 0.6) is 0 Å². The predicted octanol–water partition coefficient (Wildman–Crippen LogP) is 2.46. The van der Waals surface area contributed by atoms with Crippen LogP contribution in [0.2, 0.25) is 10.3 Å². The Labute approximate surface area is 92.2 Å². The Morgan fingerprint density at radius 3 is 2.47 bits per heavy atom. The topological polar surface area (TPSA) is 42.9 Å². The first-order valence-corrected chi connectivity index (χ1v) is 4.34. The summed E-state index contributed by atoms with van der Waals surface area (Å²) in [5.41, 5.74) is -0.0982. The molecule has 15 heavy (non-hydrogen) atoms. The lowest BCUT2D eigenvalue weighted by Gasteiger charge is -2.05. The number of halogens is 5. The average molecular weight is 259 g/mol. The first-order chi connectivity index (χ1) is 6.80.